The SMILES string of the molecule is CCNC(=NCCCCCOC1CCCCC1)NCCn1cccc1.I. The maximum atomic E-state index is 5.97. The molecule has 150 valence electrons. The number of guanidine groups is 1. The number of halogens is 1. The molecule has 0 atom stereocenters. The third-order valence-electron chi connectivity index (χ3n) is 4.65. The van der Waals surface area contributed by atoms with E-state index in [0.29, 0.717) is 6.10 Å². The number of rotatable bonds is 11. The second kappa shape index (κ2) is 15.3. The third kappa shape index (κ3) is 10.4. The van der Waals surface area contributed by atoms with Gasteiger partial charge in [0.15, 0.2) is 5.96 Å². The molecule has 0 spiro atoms. The van der Waals surface area contributed by atoms with Gasteiger partial charge in [0, 0.05) is 45.2 Å². The minimum atomic E-state index is 0. The molecule has 1 aliphatic rings. The molecule has 1 saturated carbocycles. The van der Waals surface area contributed by atoms with Gasteiger partial charge >= 0.3 is 0 Å². The van der Waals surface area contributed by atoms with Crippen molar-refractivity contribution in [3.63, 3.8) is 0 Å². The summed E-state index contributed by atoms with van der Waals surface area (Å²) in [5.41, 5.74) is 0. The summed E-state index contributed by atoms with van der Waals surface area (Å²) >= 11 is 0. The first-order chi connectivity index (χ1) is 12.4. The van der Waals surface area contributed by atoms with Gasteiger partial charge in [-0.2, -0.15) is 0 Å². The van der Waals surface area contributed by atoms with Gasteiger partial charge in [0.05, 0.1) is 6.10 Å². The van der Waals surface area contributed by atoms with Crippen LogP contribution in [0.2, 0.25) is 0 Å². The molecule has 0 aromatic carbocycles. The van der Waals surface area contributed by atoms with Crippen LogP contribution in [0.4, 0.5) is 0 Å². The number of nitrogens with one attached hydrogen (secondary N) is 2. The molecule has 1 aromatic heterocycles. The zero-order chi connectivity index (χ0) is 17.6. The van der Waals surface area contributed by atoms with Crippen LogP contribution < -0.4 is 10.6 Å². The number of hydrogen-bond acceptors (Lipinski definition) is 2. The Hall–Kier alpha value is -0.760. The van der Waals surface area contributed by atoms with E-state index in [-0.39, 0.29) is 24.0 Å². The summed E-state index contributed by atoms with van der Waals surface area (Å²) in [6.45, 7) is 6.63. The summed E-state index contributed by atoms with van der Waals surface area (Å²) in [6, 6.07) is 4.11. The molecule has 6 heteroatoms. The van der Waals surface area contributed by atoms with Crippen molar-refractivity contribution in [3.8, 4) is 0 Å². The summed E-state index contributed by atoms with van der Waals surface area (Å²) in [5, 5.41) is 6.71. The average molecular weight is 476 g/mol. The Kier molecular flexibility index (Phi) is 13.7. The zero-order valence-electron chi connectivity index (χ0n) is 16.3. The molecule has 1 fully saturated rings. The van der Waals surface area contributed by atoms with Gasteiger partial charge in [-0.05, 0) is 51.2 Å². The number of nitrogens with zero attached hydrogens (tertiary/aromatic N) is 2. The standard InChI is InChI=1S/C20H36N4O.HI/c1-2-21-20(23-14-17-24-15-8-9-16-24)22-13-7-4-10-18-25-19-11-5-3-6-12-19;/h8-9,15-16,19H,2-7,10-14,17-18H2,1H3,(H2,21,22,23);1H. The van der Waals surface area contributed by atoms with Gasteiger partial charge in [-0.15, -0.1) is 24.0 Å². The zero-order valence-corrected chi connectivity index (χ0v) is 18.6. The molecule has 5 nitrogen and oxygen atoms in total. The summed E-state index contributed by atoms with van der Waals surface area (Å²) in [5.74, 6) is 0.924. The molecule has 2 N–H and O–H groups in total. The largest absolute Gasteiger partial charge is 0.378 e. The lowest BCUT2D eigenvalue weighted by Crippen LogP contribution is -2.38. The second-order valence-electron chi connectivity index (χ2n) is 6.80. The first kappa shape index (κ1) is 23.3. The minimum Gasteiger partial charge on any atom is -0.378 e. The highest BCUT2D eigenvalue weighted by atomic mass is 127. The van der Waals surface area contributed by atoms with E-state index in [0.717, 1.165) is 51.6 Å². The molecule has 2 rings (SSSR count). The second-order valence-corrected chi connectivity index (χ2v) is 6.80. The number of unbranched alkanes of at least 4 members (excludes halogenated alkanes) is 2. The maximum absolute atomic E-state index is 5.97. The molecule has 26 heavy (non-hydrogen) atoms. The molecule has 0 saturated heterocycles. The lowest BCUT2D eigenvalue weighted by molar-refractivity contribution is 0.0264. The van der Waals surface area contributed by atoms with Crippen molar-refractivity contribution in [3.05, 3.63) is 24.5 Å². The highest BCUT2D eigenvalue weighted by Crippen LogP contribution is 2.20. The normalized spacial score (nSPS) is 15.5. The molecule has 0 bridgehead atoms. The van der Waals surface area contributed by atoms with E-state index in [1.807, 2.05) is 0 Å². The van der Waals surface area contributed by atoms with E-state index in [4.69, 9.17) is 4.74 Å². The summed E-state index contributed by atoms with van der Waals surface area (Å²) in [7, 11) is 0. The van der Waals surface area contributed by atoms with Crippen molar-refractivity contribution in [2.75, 3.05) is 26.2 Å². The Bertz CT molecular complexity index is 458. The van der Waals surface area contributed by atoms with E-state index in [9.17, 15) is 0 Å². The highest BCUT2D eigenvalue weighted by Gasteiger charge is 2.12. The Morgan fingerprint density at radius 2 is 1.85 bits per heavy atom. The van der Waals surface area contributed by atoms with Crippen LogP contribution in [0, 0.1) is 0 Å². The van der Waals surface area contributed by atoms with Crippen LogP contribution >= 0.6 is 24.0 Å². The molecular formula is C20H37IN4O. The predicted molar refractivity (Wildman–Crippen MR) is 121 cm³/mol. The summed E-state index contributed by atoms with van der Waals surface area (Å²) in [4.78, 5) is 4.66. The van der Waals surface area contributed by atoms with Crippen molar-refractivity contribution in [2.45, 2.75) is 70.9 Å². The van der Waals surface area contributed by atoms with Crippen molar-refractivity contribution in [1.82, 2.24) is 15.2 Å². The monoisotopic (exact) mass is 476 g/mol. The van der Waals surface area contributed by atoms with Gasteiger partial charge in [0.25, 0.3) is 0 Å². The molecule has 1 aromatic rings. The van der Waals surface area contributed by atoms with E-state index in [1.165, 1.54) is 38.5 Å². The van der Waals surface area contributed by atoms with Crippen LogP contribution in [0.1, 0.15) is 58.3 Å². The molecule has 0 aliphatic heterocycles. The van der Waals surface area contributed by atoms with E-state index in [2.05, 4.69) is 51.6 Å². The topological polar surface area (TPSA) is 50.6 Å². The van der Waals surface area contributed by atoms with Crippen molar-refractivity contribution < 1.29 is 4.74 Å². The van der Waals surface area contributed by atoms with Gasteiger partial charge in [0.2, 0.25) is 0 Å². The van der Waals surface area contributed by atoms with Crippen molar-refractivity contribution >= 4 is 29.9 Å². The first-order valence-electron chi connectivity index (χ1n) is 10.1. The van der Waals surface area contributed by atoms with E-state index < -0.39 is 0 Å². The number of ether oxygens (including phenoxy) is 1. The lowest BCUT2D eigenvalue weighted by atomic mass is 9.98. The summed E-state index contributed by atoms with van der Waals surface area (Å²) < 4.78 is 8.14. The highest BCUT2D eigenvalue weighted by molar-refractivity contribution is 14.0. The van der Waals surface area contributed by atoms with Crippen molar-refractivity contribution in [2.24, 2.45) is 4.99 Å². The number of aromatic nitrogens is 1. The van der Waals surface area contributed by atoms with E-state index in [1.54, 1.807) is 0 Å². The van der Waals surface area contributed by atoms with Crippen LogP contribution in [-0.4, -0.2) is 42.9 Å². The van der Waals surface area contributed by atoms with Gasteiger partial charge in [0.1, 0.15) is 0 Å². The fourth-order valence-corrected chi connectivity index (χ4v) is 3.23. The predicted octanol–water partition coefficient (Wildman–Crippen LogP) is 4.18. The first-order valence-corrected chi connectivity index (χ1v) is 10.1. The Morgan fingerprint density at radius 3 is 2.58 bits per heavy atom. The minimum absolute atomic E-state index is 0. The quantitative estimate of drug-likeness (QED) is 0.218. The fourth-order valence-electron chi connectivity index (χ4n) is 3.23. The van der Waals surface area contributed by atoms with Gasteiger partial charge < -0.3 is 19.9 Å². The third-order valence-corrected chi connectivity index (χ3v) is 4.65. The summed E-state index contributed by atoms with van der Waals surface area (Å²) in [6.07, 6.45) is 14.8. The molecular weight excluding hydrogens is 439 g/mol. The molecule has 1 aliphatic carbocycles. The number of aliphatic imine (C=N–C) groups is 1. The molecule has 0 radical (unpaired) electrons. The lowest BCUT2D eigenvalue weighted by Gasteiger charge is -2.21. The van der Waals surface area contributed by atoms with Crippen LogP contribution in [0.15, 0.2) is 29.5 Å². The van der Waals surface area contributed by atoms with Crippen LogP contribution in [0.3, 0.4) is 0 Å². The average Bonchev–Trinajstić information content (AvgIpc) is 3.15. The van der Waals surface area contributed by atoms with Gasteiger partial charge in [-0.3, -0.25) is 4.99 Å². The molecule has 1 heterocycles. The maximum Gasteiger partial charge on any atom is 0.191 e. The van der Waals surface area contributed by atoms with Crippen LogP contribution in [-0.2, 0) is 11.3 Å². The van der Waals surface area contributed by atoms with Crippen LogP contribution in [0.25, 0.3) is 0 Å². The van der Waals surface area contributed by atoms with E-state index >= 15 is 0 Å². The Balaban J connectivity index is 0.00000338. The van der Waals surface area contributed by atoms with Gasteiger partial charge in [-0.1, -0.05) is 19.3 Å². The van der Waals surface area contributed by atoms with Crippen LogP contribution in [0.5, 0.6) is 0 Å². The Morgan fingerprint density at radius 1 is 1.08 bits per heavy atom. The smallest absolute Gasteiger partial charge is 0.191 e. The number of hydrogen-bond donors (Lipinski definition) is 2. The molecule has 0 amide bonds. The van der Waals surface area contributed by atoms with Crippen molar-refractivity contribution in [1.29, 1.82) is 0 Å². The van der Waals surface area contributed by atoms with Gasteiger partial charge in [-0.25, -0.2) is 0 Å². The Labute approximate surface area is 176 Å². The fraction of sp³-hybridized carbons (Fsp3) is 0.750. The molecule has 0 unspecified atom stereocenters.